The molecule has 1 spiro atoms. The first-order valence-corrected chi connectivity index (χ1v) is 15.1. The molecule has 3 heterocycles. The zero-order valence-electron chi connectivity index (χ0n) is 21.2. The van der Waals surface area contributed by atoms with Crippen LogP contribution in [0.3, 0.4) is 0 Å². The second-order valence-corrected chi connectivity index (χ2v) is 13.8. The molecule has 2 saturated carbocycles. The molecule has 2 aromatic rings. The van der Waals surface area contributed by atoms with Crippen LogP contribution in [0.25, 0.3) is 6.08 Å². The third-order valence-corrected chi connectivity index (χ3v) is 11.5. The first kappa shape index (κ1) is 24.2. The number of hydrogen-bond donors (Lipinski definition) is 2. The summed E-state index contributed by atoms with van der Waals surface area (Å²) in [6, 6.07) is 5.56. The van der Waals surface area contributed by atoms with Crippen molar-refractivity contribution in [3.63, 3.8) is 0 Å². The molecule has 0 radical (unpaired) electrons. The van der Waals surface area contributed by atoms with Gasteiger partial charge in [-0.1, -0.05) is 13.0 Å². The zero-order chi connectivity index (χ0) is 25.7. The molecular formula is C29H33BrN2O4S. The van der Waals surface area contributed by atoms with Crippen LogP contribution in [0.5, 0.6) is 11.5 Å². The molecule has 2 aliphatic heterocycles. The Bertz CT molecular complexity index is 1310. The van der Waals surface area contributed by atoms with Crippen molar-refractivity contribution in [1.82, 2.24) is 9.80 Å². The summed E-state index contributed by atoms with van der Waals surface area (Å²) in [5.41, 5.74) is 0.582. The monoisotopic (exact) mass is 584 g/mol. The van der Waals surface area contributed by atoms with Crippen molar-refractivity contribution in [2.24, 2.45) is 11.8 Å². The number of amides is 1. The maximum Gasteiger partial charge on any atom is 0.246 e. The lowest BCUT2D eigenvalue weighted by Gasteiger charge is -2.66. The summed E-state index contributed by atoms with van der Waals surface area (Å²) in [5, 5.41) is 25.6. The highest BCUT2D eigenvalue weighted by atomic mass is 79.9. The minimum absolute atomic E-state index is 0.0255. The normalized spacial score (nSPS) is 35.9. The Morgan fingerprint density at radius 2 is 2.19 bits per heavy atom. The molecule has 2 bridgehead atoms. The van der Waals surface area contributed by atoms with Gasteiger partial charge in [-0.05, 0) is 90.2 Å². The summed E-state index contributed by atoms with van der Waals surface area (Å²) in [6.07, 6.45) is 7.81. The van der Waals surface area contributed by atoms with E-state index in [9.17, 15) is 15.0 Å². The van der Waals surface area contributed by atoms with Gasteiger partial charge < -0.3 is 19.8 Å². The van der Waals surface area contributed by atoms with E-state index in [1.807, 2.05) is 35.5 Å². The maximum absolute atomic E-state index is 13.4. The number of halogens is 1. The lowest BCUT2D eigenvalue weighted by molar-refractivity contribution is -0.212. The molecule has 37 heavy (non-hydrogen) atoms. The van der Waals surface area contributed by atoms with Crippen molar-refractivity contribution in [2.45, 2.75) is 68.2 Å². The largest absolute Gasteiger partial charge is 0.504 e. The lowest BCUT2D eigenvalue weighted by Crippen LogP contribution is -2.79. The van der Waals surface area contributed by atoms with Gasteiger partial charge in [-0.3, -0.25) is 9.69 Å². The molecule has 6 atom stereocenters. The van der Waals surface area contributed by atoms with Gasteiger partial charge in [0.2, 0.25) is 5.91 Å². The van der Waals surface area contributed by atoms with Crippen molar-refractivity contribution in [2.75, 3.05) is 20.1 Å². The van der Waals surface area contributed by atoms with Crippen LogP contribution in [0.15, 0.2) is 34.1 Å². The molecule has 2 N–H and O–H groups in total. The van der Waals surface area contributed by atoms with Crippen LogP contribution in [0.1, 0.15) is 48.6 Å². The number of aliphatic hydroxyl groups is 1. The van der Waals surface area contributed by atoms with E-state index in [-0.39, 0.29) is 29.7 Å². The summed E-state index contributed by atoms with van der Waals surface area (Å²) < 4.78 is 7.68. The fraction of sp³-hybridized carbons (Fsp3) is 0.552. The number of benzene rings is 1. The van der Waals surface area contributed by atoms with E-state index in [0.29, 0.717) is 12.2 Å². The van der Waals surface area contributed by atoms with Crippen molar-refractivity contribution in [3.8, 4) is 11.5 Å². The van der Waals surface area contributed by atoms with E-state index >= 15 is 0 Å². The molecule has 3 fully saturated rings. The lowest BCUT2D eigenvalue weighted by atomic mass is 9.46. The molecule has 1 aromatic heterocycles. The Balaban J connectivity index is 1.29. The average Bonchev–Trinajstić information content (AvgIpc) is 3.46. The van der Waals surface area contributed by atoms with Crippen molar-refractivity contribution >= 4 is 39.2 Å². The predicted molar refractivity (Wildman–Crippen MR) is 147 cm³/mol. The molecule has 5 aliphatic rings. The topological polar surface area (TPSA) is 73.2 Å². The molecule has 7 rings (SSSR count). The fourth-order valence-electron chi connectivity index (χ4n) is 8.15. The molecule has 196 valence electrons. The van der Waals surface area contributed by atoms with Gasteiger partial charge in [-0.2, -0.15) is 0 Å². The summed E-state index contributed by atoms with van der Waals surface area (Å²) in [4.78, 5) is 18.8. The number of carbonyl (C=O) groups excluding carboxylic acids is 1. The quantitative estimate of drug-likeness (QED) is 0.504. The van der Waals surface area contributed by atoms with E-state index in [0.717, 1.165) is 46.8 Å². The second-order valence-electron chi connectivity index (χ2n) is 11.9. The smallest absolute Gasteiger partial charge is 0.246 e. The molecule has 3 aliphatic carbocycles. The van der Waals surface area contributed by atoms with Gasteiger partial charge >= 0.3 is 0 Å². The minimum Gasteiger partial charge on any atom is -0.504 e. The number of ether oxygens (including phenoxy) is 1. The van der Waals surface area contributed by atoms with Crippen molar-refractivity contribution in [3.05, 3.63) is 50.1 Å². The Kier molecular flexibility index (Phi) is 5.43. The molecule has 1 saturated heterocycles. The van der Waals surface area contributed by atoms with Crippen LogP contribution in [0.4, 0.5) is 0 Å². The molecule has 8 heteroatoms. The standard InChI is InChI=1S/C29H33BrN2O4S/c1-16-13-29(35)22-11-18-5-7-21(33)26-24(18)28(29,9-10-32(22)14-17-3-4-17)27(36-26)25(16)31(2)23(34)8-6-20-12-19(30)15-37-20/h5-8,12,15-17,22,25,27,33,35H,3-4,9-11,13-14H2,1-2H3/b8-6+/t16?,22-,25?,27?,28+,29-/m1/s1. The third kappa shape index (κ3) is 3.38. The van der Waals surface area contributed by atoms with Gasteiger partial charge in [0.25, 0.3) is 0 Å². The maximum atomic E-state index is 13.4. The van der Waals surface area contributed by atoms with Crippen LogP contribution in [-0.2, 0) is 16.6 Å². The summed E-state index contributed by atoms with van der Waals surface area (Å²) in [5.74, 6) is 1.35. The zero-order valence-corrected chi connectivity index (χ0v) is 23.6. The summed E-state index contributed by atoms with van der Waals surface area (Å²) in [7, 11) is 1.86. The number of phenolic OH excluding ortho intramolecular Hbond substituents is 1. The number of likely N-dealkylation sites (N-methyl/N-ethyl adjacent to an activating group) is 1. The first-order valence-electron chi connectivity index (χ1n) is 13.4. The Morgan fingerprint density at radius 3 is 2.92 bits per heavy atom. The number of rotatable bonds is 5. The van der Waals surface area contributed by atoms with E-state index in [1.165, 1.54) is 18.4 Å². The van der Waals surface area contributed by atoms with Crippen molar-refractivity contribution in [1.29, 1.82) is 0 Å². The van der Waals surface area contributed by atoms with Crippen LogP contribution in [0.2, 0.25) is 0 Å². The number of phenols is 1. The van der Waals surface area contributed by atoms with Gasteiger partial charge in [-0.15, -0.1) is 11.3 Å². The van der Waals surface area contributed by atoms with Crippen LogP contribution in [-0.4, -0.2) is 69.8 Å². The van der Waals surface area contributed by atoms with E-state index in [2.05, 4.69) is 27.8 Å². The first-order chi connectivity index (χ1) is 17.7. The van der Waals surface area contributed by atoms with E-state index < -0.39 is 17.1 Å². The van der Waals surface area contributed by atoms with E-state index in [4.69, 9.17) is 4.74 Å². The number of hydrogen-bond acceptors (Lipinski definition) is 6. The van der Waals surface area contributed by atoms with Crippen LogP contribution >= 0.6 is 27.3 Å². The number of carbonyl (C=O) groups is 1. The Morgan fingerprint density at radius 1 is 1.38 bits per heavy atom. The molecule has 6 nitrogen and oxygen atoms in total. The molecule has 3 unspecified atom stereocenters. The number of nitrogens with zero attached hydrogens (tertiary/aromatic N) is 2. The van der Waals surface area contributed by atoms with Gasteiger partial charge in [0, 0.05) is 46.0 Å². The highest BCUT2D eigenvalue weighted by molar-refractivity contribution is 9.10. The number of piperidine rings is 1. The summed E-state index contributed by atoms with van der Waals surface area (Å²) in [6.45, 7) is 4.10. The Labute approximate surface area is 230 Å². The molecule has 1 amide bonds. The molecular weight excluding hydrogens is 552 g/mol. The van der Waals surface area contributed by atoms with Gasteiger partial charge in [-0.25, -0.2) is 0 Å². The van der Waals surface area contributed by atoms with Gasteiger partial charge in [0.1, 0.15) is 6.10 Å². The average molecular weight is 586 g/mol. The van der Waals surface area contributed by atoms with Crippen molar-refractivity contribution < 1.29 is 19.7 Å². The predicted octanol–water partition coefficient (Wildman–Crippen LogP) is 4.57. The number of aromatic hydroxyl groups is 1. The molecule has 1 aromatic carbocycles. The second kappa shape index (κ2) is 8.31. The SMILES string of the molecule is CC1C[C@@]2(O)[C@H]3Cc4ccc(O)c5c4[C@@]2(CCN3CC2CC2)C(O5)C1N(C)C(=O)/C=C/c1cc(Br)cs1. The highest BCUT2D eigenvalue weighted by Gasteiger charge is 2.74. The highest BCUT2D eigenvalue weighted by Crippen LogP contribution is 2.66. The fourth-order valence-corrected chi connectivity index (χ4v) is 9.48. The Hall–Kier alpha value is -1.87. The third-order valence-electron chi connectivity index (χ3n) is 9.86. The minimum atomic E-state index is -0.963. The van der Waals surface area contributed by atoms with E-state index in [1.54, 1.807) is 23.5 Å². The van der Waals surface area contributed by atoms with Crippen LogP contribution < -0.4 is 4.74 Å². The van der Waals surface area contributed by atoms with Gasteiger partial charge in [0.15, 0.2) is 11.5 Å². The summed E-state index contributed by atoms with van der Waals surface area (Å²) >= 11 is 5.05. The van der Waals surface area contributed by atoms with Crippen LogP contribution in [0, 0.1) is 11.8 Å². The number of likely N-dealkylation sites (tertiary alicyclic amines) is 1. The van der Waals surface area contributed by atoms with Gasteiger partial charge in [0.05, 0.1) is 17.1 Å². The number of thiophene rings is 1.